The summed E-state index contributed by atoms with van der Waals surface area (Å²) in [5.41, 5.74) is -0.342. The highest BCUT2D eigenvalue weighted by molar-refractivity contribution is 6.17. The summed E-state index contributed by atoms with van der Waals surface area (Å²) in [7, 11) is 0. The van der Waals surface area contributed by atoms with Gasteiger partial charge in [0, 0.05) is 42.5 Å². The zero-order valence-corrected chi connectivity index (χ0v) is 24.1. The SMILES string of the molecule is CCOc1cc(CCl)cc(Oc2ccc(C(F)(F)F)cn2)c1.CCOc1cc(CO)cc(Oc2ccc(C(F)(F)F)cn2)c1. The fraction of sp³-hybridized carbons (Fsp3) is 0.267. The van der Waals surface area contributed by atoms with E-state index >= 15 is 0 Å². The van der Waals surface area contributed by atoms with Crippen molar-refractivity contribution in [3.05, 3.63) is 95.3 Å². The van der Waals surface area contributed by atoms with Crippen LogP contribution in [0.15, 0.2) is 73.1 Å². The maximum atomic E-state index is 12.5. The Kier molecular flexibility index (Phi) is 12.1. The number of aromatic nitrogens is 2. The Hall–Kier alpha value is -4.23. The predicted octanol–water partition coefficient (Wildman–Crippen LogP) is 8.81. The molecule has 236 valence electrons. The Labute approximate surface area is 254 Å². The molecular formula is C30H27ClF6N2O5. The molecule has 0 saturated heterocycles. The van der Waals surface area contributed by atoms with Crippen LogP contribution in [-0.4, -0.2) is 28.3 Å². The largest absolute Gasteiger partial charge is 0.494 e. The molecule has 2 aromatic heterocycles. The maximum Gasteiger partial charge on any atom is 0.417 e. The molecule has 0 bridgehead atoms. The van der Waals surface area contributed by atoms with Crippen molar-refractivity contribution in [2.75, 3.05) is 13.2 Å². The molecule has 7 nitrogen and oxygen atoms in total. The first-order chi connectivity index (χ1) is 20.8. The minimum Gasteiger partial charge on any atom is -0.494 e. The number of rotatable bonds is 10. The highest BCUT2D eigenvalue weighted by atomic mass is 35.5. The number of hydrogen-bond acceptors (Lipinski definition) is 7. The normalized spacial score (nSPS) is 11.3. The van der Waals surface area contributed by atoms with Gasteiger partial charge in [-0.05, 0) is 61.4 Å². The molecule has 0 aliphatic rings. The molecular weight excluding hydrogens is 618 g/mol. The van der Waals surface area contributed by atoms with Gasteiger partial charge in [0.25, 0.3) is 0 Å². The Morgan fingerprint density at radius 2 is 1.05 bits per heavy atom. The fourth-order valence-corrected chi connectivity index (χ4v) is 3.66. The number of nitrogens with zero attached hydrogens (tertiary/aromatic N) is 2. The van der Waals surface area contributed by atoms with Gasteiger partial charge in [-0.1, -0.05) is 0 Å². The van der Waals surface area contributed by atoms with E-state index in [1.807, 2.05) is 13.8 Å². The summed E-state index contributed by atoms with van der Waals surface area (Å²) in [6.07, 6.45) is -7.43. The number of aliphatic hydroxyl groups is 1. The lowest BCUT2D eigenvalue weighted by molar-refractivity contribution is -0.138. The van der Waals surface area contributed by atoms with Crippen molar-refractivity contribution < 1.29 is 50.4 Å². The topological polar surface area (TPSA) is 82.9 Å². The highest BCUT2D eigenvalue weighted by Gasteiger charge is 2.31. The second-order valence-corrected chi connectivity index (χ2v) is 9.02. The number of pyridine rings is 2. The molecule has 0 amide bonds. The van der Waals surface area contributed by atoms with Gasteiger partial charge in [-0.25, -0.2) is 9.97 Å². The van der Waals surface area contributed by atoms with Gasteiger partial charge in [-0.2, -0.15) is 26.3 Å². The quantitative estimate of drug-likeness (QED) is 0.136. The van der Waals surface area contributed by atoms with Crippen LogP contribution in [0.1, 0.15) is 36.1 Å². The summed E-state index contributed by atoms with van der Waals surface area (Å²) in [6, 6.07) is 13.9. The van der Waals surface area contributed by atoms with E-state index in [9.17, 15) is 31.4 Å². The van der Waals surface area contributed by atoms with E-state index in [-0.39, 0.29) is 24.2 Å². The first-order valence-corrected chi connectivity index (χ1v) is 13.5. The number of ether oxygens (including phenoxy) is 4. The lowest BCUT2D eigenvalue weighted by atomic mass is 10.2. The van der Waals surface area contributed by atoms with Crippen LogP contribution in [-0.2, 0) is 24.8 Å². The molecule has 0 saturated carbocycles. The lowest BCUT2D eigenvalue weighted by Crippen LogP contribution is -2.05. The van der Waals surface area contributed by atoms with Gasteiger partial charge in [0.2, 0.25) is 11.8 Å². The van der Waals surface area contributed by atoms with Crippen LogP contribution in [0.4, 0.5) is 26.3 Å². The van der Waals surface area contributed by atoms with E-state index in [0.717, 1.165) is 36.0 Å². The summed E-state index contributed by atoms with van der Waals surface area (Å²) < 4.78 is 96.4. The van der Waals surface area contributed by atoms with Crippen LogP contribution in [0.3, 0.4) is 0 Å². The van der Waals surface area contributed by atoms with Crippen LogP contribution in [0, 0.1) is 0 Å². The minimum atomic E-state index is -4.44. The molecule has 0 atom stereocenters. The van der Waals surface area contributed by atoms with Crippen molar-refractivity contribution >= 4 is 11.6 Å². The zero-order chi connectivity index (χ0) is 32.3. The molecule has 0 fully saturated rings. The monoisotopic (exact) mass is 644 g/mol. The summed E-state index contributed by atoms with van der Waals surface area (Å²) in [6.45, 7) is 4.35. The van der Waals surface area contributed by atoms with Gasteiger partial charge in [-0.3, -0.25) is 0 Å². The standard InChI is InChI=1S/C15H13ClF3NO2.C15H14F3NO3/c1-2-21-12-5-10(8-16)6-13(7-12)22-14-4-3-11(9-20-14)15(17,18)19;1-2-21-12-5-10(9-20)6-13(7-12)22-14-4-3-11(8-19-14)15(16,17)18/h3-7,9H,2,8H2,1H3;3-8,20H,2,9H2,1H3. The molecule has 0 radical (unpaired) electrons. The molecule has 0 aliphatic carbocycles. The fourth-order valence-electron chi connectivity index (χ4n) is 3.51. The summed E-state index contributed by atoms with van der Waals surface area (Å²) in [4.78, 5) is 7.28. The molecule has 0 unspecified atom stereocenters. The zero-order valence-electron chi connectivity index (χ0n) is 23.4. The van der Waals surface area contributed by atoms with Gasteiger partial charge < -0.3 is 24.1 Å². The van der Waals surface area contributed by atoms with Crippen LogP contribution >= 0.6 is 11.6 Å². The van der Waals surface area contributed by atoms with Gasteiger partial charge in [0.05, 0.1) is 30.9 Å². The second kappa shape index (κ2) is 15.5. The Morgan fingerprint density at radius 3 is 1.39 bits per heavy atom. The van der Waals surface area contributed by atoms with Crippen LogP contribution < -0.4 is 18.9 Å². The van der Waals surface area contributed by atoms with Crippen molar-refractivity contribution in [3.63, 3.8) is 0 Å². The maximum absolute atomic E-state index is 12.5. The van der Waals surface area contributed by atoms with Crippen molar-refractivity contribution in [1.29, 1.82) is 0 Å². The van der Waals surface area contributed by atoms with Gasteiger partial charge in [-0.15, -0.1) is 11.6 Å². The molecule has 0 aliphatic heterocycles. The van der Waals surface area contributed by atoms with Crippen molar-refractivity contribution in [3.8, 4) is 34.8 Å². The van der Waals surface area contributed by atoms with E-state index in [2.05, 4.69) is 9.97 Å². The van der Waals surface area contributed by atoms with Gasteiger partial charge in [0.1, 0.15) is 23.0 Å². The number of alkyl halides is 7. The van der Waals surface area contributed by atoms with Crippen molar-refractivity contribution in [1.82, 2.24) is 9.97 Å². The Balaban J connectivity index is 0.000000240. The third kappa shape index (κ3) is 10.5. The van der Waals surface area contributed by atoms with Crippen LogP contribution in [0.25, 0.3) is 0 Å². The first kappa shape index (κ1) is 34.3. The Bertz CT molecular complexity index is 1370. The average molecular weight is 645 g/mol. The first-order valence-electron chi connectivity index (χ1n) is 13.0. The lowest BCUT2D eigenvalue weighted by Gasteiger charge is -2.11. The number of hydrogen-bond donors (Lipinski definition) is 1. The second-order valence-electron chi connectivity index (χ2n) is 8.75. The minimum absolute atomic E-state index is 0.0190. The van der Waals surface area contributed by atoms with E-state index < -0.39 is 23.5 Å². The van der Waals surface area contributed by atoms with E-state index in [1.165, 1.54) is 0 Å². The number of aliphatic hydroxyl groups excluding tert-OH is 1. The van der Waals surface area contributed by atoms with Crippen molar-refractivity contribution in [2.24, 2.45) is 0 Å². The van der Waals surface area contributed by atoms with E-state index in [4.69, 9.17) is 30.5 Å². The molecule has 0 spiro atoms. The van der Waals surface area contributed by atoms with E-state index in [0.29, 0.717) is 48.0 Å². The van der Waals surface area contributed by atoms with Gasteiger partial charge >= 0.3 is 12.4 Å². The molecule has 2 heterocycles. The average Bonchev–Trinajstić information content (AvgIpc) is 2.97. The number of halogens is 7. The summed E-state index contributed by atoms with van der Waals surface area (Å²) in [5, 5.41) is 9.19. The summed E-state index contributed by atoms with van der Waals surface area (Å²) >= 11 is 5.79. The molecule has 44 heavy (non-hydrogen) atoms. The van der Waals surface area contributed by atoms with Gasteiger partial charge in [0.15, 0.2) is 0 Å². The third-order valence-electron chi connectivity index (χ3n) is 5.41. The summed E-state index contributed by atoms with van der Waals surface area (Å²) in [5.74, 6) is 2.12. The molecule has 14 heteroatoms. The van der Waals surface area contributed by atoms with Crippen LogP contribution in [0.2, 0.25) is 0 Å². The number of benzene rings is 2. The smallest absolute Gasteiger partial charge is 0.417 e. The van der Waals surface area contributed by atoms with E-state index in [1.54, 1.807) is 36.4 Å². The predicted molar refractivity (Wildman–Crippen MR) is 149 cm³/mol. The highest BCUT2D eigenvalue weighted by Crippen LogP contribution is 2.33. The van der Waals surface area contributed by atoms with Crippen molar-refractivity contribution in [2.45, 2.75) is 38.7 Å². The third-order valence-corrected chi connectivity index (χ3v) is 5.72. The molecule has 4 rings (SSSR count). The Morgan fingerprint density at radius 1 is 0.636 bits per heavy atom. The molecule has 2 aromatic carbocycles. The molecule has 1 N–H and O–H groups in total. The van der Waals surface area contributed by atoms with Crippen LogP contribution in [0.5, 0.6) is 34.8 Å². The molecule has 4 aromatic rings.